The Balaban J connectivity index is 1.43. The highest BCUT2D eigenvalue weighted by Crippen LogP contribution is 2.18. The van der Waals surface area contributed by atoms with Crippen LogP contribution in [0, 0.1) is 0 Å². The lowest BCUT2D eigenvalue weighted by Gasteiger charge is -2.36. The summed E-state index contributed by atoms with van der Waals surface area (Å²) < 4.78 is 5.27. The van der Waals surface area contributed by atoms with E-state index in [-0.39, 0.29) is 24.8 Å². The van der Waals surface area contributed by atoms with E-state index >= 15 is 0 Å². The Bertz CT molecular complexity index is 891. The lowest BCUT2D eigenvalue weighted by Crippen LogP contribution is -2.51. The number of ether oxygens (including phenoxy) is 1. The number of ketones is 1. The average Bonchev–Trinajstić information content (AvgIpc) is 2.78. The number of benzene rings is 2. The number of hydrogen-bond donors (Lipinski definition) is 0. The van der Waals surface area contributed by atoms with E-state index in [1.807, 2.05) is 54.6 Å². The van der Waals surface area contributed by atoms with Gasteiger partial charge in [-0.2, -0.15) is 0 Å². The van der Waals surface area contributed by atoms with Crippen LogP contribution in [0.2, 0.25) is 0 Å². The van der Waals surface area contributed by atoms with Crippen molar-refractivity contribution in [2.45, 2.75) is 20.0 Å². The zero-order valence-electron chi connectivity index (χ0n) is 18.1. The predicted molar refractivity (Wildman–Crippen MR) is 119 cm³/mol. The zero-order chi connectivity index (χ0) is 22.2. The minimum Gasteiger partial charge on any atom is -0.445 e. The summed E-state index contributed by atoms with van der Waals surface area (Å²) in [6.07, 6.45) is -0.0642. The van der Waals surface area contributed by atoms with Crippen molar-refractivity contribution in [1.29, 1.82) is 0 Å². The van der Waals surface area contributed by atoms with Gasteiger partial charge in [-0.25, -0.2) is 4.79 Å². The van der Waals surface area contributed by atoms with Crippen molar-refractivity contribution < 1.29 is 19.1 Å². The molecule has 7 heteroatoms. The number of carbonyl (C=O) groups is 3. The van der Waals surface area contributed by atoms with Gasteiger partial charge in [0, 0.05) is 45.3 Å². The number of likely N-dealkylation sites (N-methyl/N-ethyl adjacent to an activating group) is 1. The summed E-state index contributed by atoms with van der Waals surface area (Å²) in [5.41, 5.74) is 2.99. The predicted octanol–water partition coefficient (Wildman–Crippen LogP) is 2.74. The monoisotopic (exact) mass is 423 g/mol. The van der Waals surface area contributed by atoms with Crippen molar-refractivity contribution in [3.05, 3.63) is 65.7 Å². The van der Waals surface area contributed by atoms with Gasteiger partial charge in [0.15, 0.2) is 0 Å². The van der Waals surface area contributed by atoms with Crippen molar-refractivity contribution in [2.75, 3.05) is 44.7 Å². The van der Waals surface area contributed by atoms with Crippen LogP contribution in [0.25, 0.3) is 0 Å². The third-order valence-electron chi connectivity index (χ3n) is 5.28. The highest BCUT2D eigenvalue weighted by Gasteiger charge is 2.24. The maximum atomic E-state index is 12.6. The van der Waals surface area contributed by atoms with Crippen LogP contribution in [0.1, 0.15) is 18.1 Å². The Hall–Kier alpha value is -3.35. The smallest absolute Gasteiger partial charge is 0.410 e. The Kier molecular flexibility index (Phi) is 7.65. The summed E-state index contributed by atoms with van der Waals surface area (Å²) in [5, 5.41) is 0. The molecule has 7 nitrogen and oxygen atoms in total. The maximum Gasteiger partial charge on any atom is 0.410 e. The minimum atomic E-state index is -0.513. The molecule has 2 amide bonds. The van der Waals surface area contributed by atoms with Gasteiger partial charge in [0.2, 0.25) is 5.91 Å². The van der Waals surface area contributed by atoms with Crippen molar-refractivity contribution in [3.63, 3.8) is 0 Å². The van der Waals surface area contributed by atoms with Crippen LogP contribution < -0.4 is 4.90 Å². The highest BCUT2D eigenvalue weighted by atomic mass is 16.6. The van der Waals surface area contributed by atoms with Gasteiger partial charge in [-0.05, 0) is 30.2 Å². The van der Waals surface area contributed by atoms with Gasteiger partial charge in [-0.15, -0.1) is 0 Å². The third kappa shape index (κ3) is 6.57. The van der Waals surface area contributed by atoms with Crippen molar-refractivity contribution in [2.24, 2.45) is 0 Å². The molecule has 1 aliphatic heterocycles. The molecule has 1 saturated heterocycles. The first-order chi connectivity index (χ1) is 14.9. The fourth-order valence-electron chi connectivity index (χ4n) is 3.52. The van der Waals surface area contributed by atoms with E-state index in [0.717, 1.165) is 29.9 Å². The molecule has 1 fully saturated rings. The lowest BCUT2D eigenvalue weighted by atomic mass is 10.1. The molecule has 0 spiro atoms. The van der Waals surface area contributed by atoms with Crippen molar-refractivity contribution in [3.8, 4) is 0 Å². The van der Waals surface area contributed by atoms with Gasteiger partial charge in [0.25, 0.3) is 0 Å². The summed E-state index contributed by atoms with van der Waals surface area (Å²) in [5.74, 6) is 0.0596. The van der Waals surface area contributed by atoms with Crippen LogP contribution in [-0.2, 0) is 27.4 Å². The first kappa shape index (κ1) is 22.3. The van der Waals surface area contributed by atoms with E-state index in [1.54, 1.807) is 18.9 Å². The molecule has 0 unspecified atom stereocenters. The Labute approximate surface area is 183 Å². The van der Waals surface area contributed by atoms with E-state index in [9.17, 15) is 14.4 Å². The molecule has 0 N–H and O–H groups in total. The van der Waals surface area contributed by atoms with Gasteiger partial charge in [-0.1, -0.05) is 42.5 Å². The fourth-order valence-corrected chi connectivity index (χ4v) is 3.52. The molecule has 2 aromatic rings. The standard InChI is InChI=1S/C24H29N3O4/c1-19(28)16-20-8-10-22(11-9-20)26-12-14-27(15-13-26)23(29)17-25(2)24(30)31-18-21-6-4-3-5-7-21/h3-11H,12-18H2,1-2H3. The van der Waals surface area contributed by atoms with Gasteiger partial charge in [0.05, 0.1) is 0 Å². The Morgan fingerprint density at radius 3 is 2.16 bits per heavy atom. The first-order valence-corrected chi connectivity index (χ1v) is 10.5. The second-order valence-electron chi connectivity index (χ2n) is 7.81. The fraction of sp³-hybridized carbons (Fsp3) is 0.375. The number of amides is 2. The average molecular weight is 424 g/mol. The van der Waals surface area contributed by atoms with E-state index < -0.39 is 6.09 Å². The van der Waals surface area contributed by atoms with Crippen molar-refractivity contribution in [1.82, 2.24) is 9.80 Å². The van der Waals surface area contributed by atoms with Gasteiger partial charge >= 0.3 is 6.09 Å². The second kappa shape index (κ2) is 10.6. The molecule has 0 atom stereocenters. The van der Waals surface area contributed by atoms with Gasteiger partial charge in [0.1, 0.15) is 18.9 Å². The molecule has 1 aliphatic rings. The van der Waals surface area contributed by atoms with Crippen molar-refractivity contribution >= 4 is 23.5 Å². The Morgan fingerprint density at radius 1 is 0.903 bits per heavy atom. The lowest BCUT2D eigenvalue weighted by molar-refractivity contribution is -0.132. The molecular weight excluding hydrogens is 394 g/mol. The zero-order valence-corrected chi connectivity index (χ0v) is 18.1. The quantitative estimate of drug-likeness (QED) is 0.685. The normalized spacial score (nSPS) is 13.6. The molecule has 1 heterocycles. The number of rotatable bonds is 7. The molecule has 0 aromatic heterocycles. The molecule has 0 saturated carbocycles. The number of piperazine rings is 1. The van der Waals surface area contributed by atoms with E-state index in [2.05, 4.69) is 4.90 Å². The van der Waals surface area contributed by atoms with Gasteiger partial charge in [-0.3, -0.25) is 9.59 Å². The topological polar surface area (TPSA) is 70.2 Å². The van der Waals surface area contributed by atoms with Gasteiger partial charge < -0.3 is 19.4 Å². The molecule has 0 bridgehead atoms. The van der Waals surface area contributed by atoms with Crippen LogP contribution in [0.5, 0.6) is 0 Å². The Morgan fingerprint density at radius 2 is 1.55 bits per heavy atom. The van der Waals surface area contributed by atoms with Crippen LogP contribution in [-0.4, -0.2) is 67.4 Å². The van der Waals surface area contributed by atoms with E-state index in [0.29, 0.717) is 19.5 Å². The second-order valence-corrected chi connectivity index (χ2v) is 7.81. The molecule has 0 radical (unpaired) electrons. The summed E-state index contributed by atoms with van der Waals surface area (Å²) in [7, 11) is 1.57. The molecule has 164 valence electrons. The molecular formula is C24H29N3O4. The minimum absolute atomic E-state index is 0.00658. The number of hydrogen-bond acceptors (Lipinski definition) is 5. The molecule has 3 rings (SSSR count). The van der Waals surface area contributed by atoms with Crippen LogP contribution in [0.15, 0.2) is 54.6 Å². The number of anilines is 1. The number of carbonyl (C=O) groups excluding carboxylic acids is 3. The summed E-state index contributed by atoms with van der Waals surface area (Å²) in [6.45, 7) is 4.40. The first-order valence-electron chi connectivity index (χ1n) is 10.5. The van der Waals surface area contributed by atoms with Crippen LogP contribution in [0.3, 0.4) is 0 Å². The number of Topliss-reactive ketones (excluding diaryl/α,β-unsaturated/α-hetero) is 1. The third-order valence-corrected chi connectivity index (χ3v) is 5.28. The van der Waals surface area contributed by atoms with Crippen LogP contribution in [0.4, 0.5) is 10.5 Å². The maximum absolute atomic E-state index is 12.6. The number of nitrogens with zero attached hydrogens (tertiary/aromatic N) is 3. The summed E-state index contributed by atoms with van der Waals surface area (Å²) >= 11 is 0. The summed E-state index contributed by atoms with van der Waals surface area (Å²) in [6, 6.07) is 17.4. The van der Waals surface area contributed by atoms with E-state index in [1.165, 1.54) is 4.90 Å². The molecule has 2 aromatic carbocycles. The molecule has 0 aliphatic carbocycles. The van der Waals surface area contributed by atoms with E-state index in [4.69, 9.17) is 4.74 Å². The largest absolute Gasteiger partial charge is 0.445 e. The summed E-state index contributed by atoms with van der Waals surface area (Å²) in [4.78, 5) is 41.3. The van der Waals surface area contributed by atoms with Crippen LogP contribution >= 0.6 is 0 Å². The highest BCUT2D eigenvalue weighted by molar-refractivity contribution is 5.82. The SMILES string of the molecule is CC(=O)Cc1ccc(N2CCN(C(=O)CN(C)C(=O)OCc3ccccc3)CC2)cc1. The molecule has 31 heavy (non-hydrogen) atoms.